The summed E-state index contributed by atoms with van der Waals surface area (Å²) in [6.45, 7) is 1.45. The molecule has 0 unspecified atom stereocenters. The van der Waals surface area contributed by atoms with Crippen LogP contribution in [-0.4, -0.2) is 47.3 Å². The number of nitrogens with one attached hydrogen (secondary N) is 1. The summed E-state index contributed by atoms with van der Waals surface area (Å²) >= 11 is 0. The number of H-pyrrole nitrogens is 1. The van der Waals surface area contributed by atoms with Crippen LogP contribution in [0.5, 0.6) is 0 Å². The van der Waals surface area contributed by atoms with E-state index >= 15 is 0 Å². The van der Waals surface area contributed by atoms with Gasteiger partial charge in [-0.1, -0.05) is 18.2 Å². The molecule has 0 radical (unpaired) electrons. The second-order valence-corrected chi connectivity index (χ2v) is 4.88. The van der Waals surface area contributed by atoms with Crippen molar-refractivity contribution in [3.63, 3.8) is 0 Å². The molecule has 5 nitrogen and oxygen atoms in total. The third-order valence-electron chi connectivity index (χ3n) is 3.73. The van der Waals surface area contributed by atoms with Crippen molar-refractivity contribution in [2.45, 2.75) is 18.9 Å². The summed E-state index contributed by atoms with van der Waals surface area (Å²) < 4.78 is 5.33. The van der Waals surface area contributed by atoms with Crippen LogP contribution in [-0.2, 0) is 4.74 Å². The van der Waals surface area contributed by atoms with Crippen LogP contribution in [0.15, 0.2) is 24.3 Å². The Labute approximate surface area is 111 Å². The lowest BCUT2D eigenvalue weighted by atomic mass is 10.1. The number of aromatic nitrogens is 2. The predicted molar refractivity (Wildman–Crippen MR) is 72.0 cm³/mol. The summed E-state index contributed by atoms with van der Waals surface area (Å²) in [6.07, 6.45) is 1.79. The molecule has 19 heavy (non-hydrogen) atoms. The predicted octanol–water partition coefficient (Wildman–Crippen LogP) is 1.81. The molecule has 1 aliphatic rings. The number of ether oxygens (including phenoxy) is 1. The number of carbonyl (C=O) groups is 1. The minimum Gasteiger partial charge on any atom is -0.381 e. The Kier molecular flexibility index (Phi) is 3.21. The fourth-order valence-electron chi connectivity index (χ4n) is 2.53. The van der Waals surface area contributed by atoms with Crippen molar-refractivity contribution < 1.29 is 9.53 Å². The van der Waals surface area contributed by atoms with E-state index in [1.165, 1.54) is 0 Å². The minimum absolute atomic E-state index is 0.0237. The van der Waals surface area contributed by atoms with E-state index in [0.29, 0.717) is 5.69 Å². The highest BCUT2D eigenvalue weighted by atomic mass is 16.5. The molecule has 5 heteroatoms. The Hall–Kier alpha value is -1.88. The lowest BCUT2D eigenvalue weighted by Gasteiger charge is -2.30. The zero-order valence-corrected chi connectivity index (χ0v) is 10.9. The number of fused-ring (bicyclic) bond motifs is 1. The number of hydrogen-bond acceptors (Lipinski definition) is 3. The van der Waals surface area contributed by atoms with Gasteiger partial charge in [-0.2, -0.15) is 5.10 Å². The van der Waals surface area contributed by atoms with Crippen molar-refractivity contribution in [2.75, 3.05) is 20.3 Å². The summed E-state index contributed by atoms with van der Waals surface area (Å²) in [5, 5.41) is 7.95. The molecular weight excluding hydrogens is 242 g/mol. The van der Waals surface area contributed by atoms with Crippen molar-refractivity contribution in [1.82, 2.24) is 15.1 Å². The molecule has 1 aliphatic heterocycles. The molecular formula is C14H17N3O2. The highest BCUT2D eigenvalue weighted by molar-refractivity contribution is 6.04. The topological polar surface area (TPSA) is 58.2 Å². The highest BCUT2D eigenvalue weighted by Gasteiger charge is 2.25. The standard InChI is InChI=1S/C14H17N3O2/c1-17(10-6-8-19-9-7-10)14(18)13-11-4-2-3-5-12(11)15-16-13/h2-5,10H,6-9H2,1H3,(H,15,16). The van der Waals surface area contributed by atoms with Crippen LogP contribution in [0.2, 0.25) is 0 Å². The second-order valence-electron chi connectivity index (χ2n) is 4.88. The van der Waals surface area contributed by atoms with E-state index in [1.807, 2.05) is 31.3 Å². The van der Waals surface area contributed by atoms with Gasteiger partial charge >= 0.3 is 0 Å². The van der Waals surface area contributed by atoms with Crippen molar-refractivity contribution in [3.05, 3.63) is 30.0 Å². The van der Waals surface area contributed by atoms with E-state index < -0.39 is 0 Å². The Morgan fingerprint density at radius 1 is 1.37 bits per heavy atom. The SMILES string of the molecule is CN(C(=O)c1n[nH]c2ccccc12)C1CCOCC1. The smallest absolute Gasteiger partial charge is 0.274 e. The molecule has 3 rings (SSSR count). The normalized spacial score (nSPS) is 16.7. The summed E-state index contributed by atoms with van der Waals surface area (Å²) in [5.74, 6) is -0.0237. The summed E-state index contributed by atoms with van der Waals surface area (Å²) in [6, 6.07) is 7.94. The molecule has 0 bridgehead atoms. The van der Waals surface area contributed by atoms with Gasteiger partial charge in [0, 0.05) is 31.7 Å². The number of hydrogen-bond donors (Lipinski definition) is 1. The van der Waals surface area contributed by atoms with Crippen LogP contribution in [0.3, 0.4) is 0 Å². The van der Waals surface area contributed by atoms with Gasteiger partial charge in [0.2, 0.25) is 0 Å². The van der Waals surface area contributed by atoms with Crippen molar-refractivity contribution >= 4 is 16.8 Å². The quantitative estimate of drug-likeness (QED) is 0.895. The third-order valence-corrected chi connectivity index (χ3v) is 3.73. The fraction of sp³-hybridized carbons (Fsp3) is 0.429. The molecule has 0 saturated carbocycles. The first kappa shape index (κ1) is 12.2. The van der Waals surface area contributed by atoms with Crippen LogP contribution in [0.25, 0.3) is 10.9 Å². The van der Waals surface area contributed by atoms with E-state index in [0.717, 1.165) is 37.0 Å². The Bertz CT molecular complexity index is 587. The van der Waals surface area contributed by atoms with Gasteiger partial charge in [0.05, 0.1) is 5.52 Å². The molecule has 1 N–H and O–H groups in total. The number of nitrogens with zero attached hydrogens (tertiary/aromatic N) is 2. The highest BCUT2D eigenvalue weighted by Crippen LogP contribution is 2.20. The number of para-hydroxylation sites is 1. The van der Waals surface area contributed by atoms with Crippen LogP contribution in [0.4, 0.5) is 0 Å². The first-order valence-electron chi connectivity index (χ1n) is 6.55. The largest absolute Gasteiger partial charge is 0.381 e. The molecule has 0 aliphatic carbocycles. The first-order valence-corrected chi connectivity index (χ1v) is 6.55. The van der Waals surface area contributed by atoms with Crippen LogP contribution in [0.1, 0.15) is 23.3 Å². The maximum Gasteiger partial charge on any atom is 0.274 e. The van der Waals surface area contributed by atoms with Gasteiger partial charge in [0.15, 0.2) is 5.69 Å². The average Bonchev–Trinajstić information content (AvgIpc) is 2.90. The van der Waals surface area contributed by atoms with Gasteiger partial charge in [0.25, 0.3) is 5.91 Å². The number of carbonyl (C=O) groups excluding carboxylic acids is 1. The fourth-order valence-corrected chi connectivity index (χ4v) is 2.53. The van der Waals surface area contributed by atoms with Crippen LogP contribution >= 0.6 is 0 Å². The van der Waals surface area contributed by atoms with Gasteiger partial charge in [-0.3, -0.25) is 9.89 Å². The van der Waals surface area contributed by atoms with Crippen LogP contribution < -0.4 is 0 Å². The first-order chi connectivity index (χ1) is 9.27. The van der Waals surface area contributed by atoms with E-state index in [-0.39, 0.29) is 11.9 Å². The Morgan fingerprint density at radius 2 is 2.11 bits per heavy atom. The Morgan fingerprint density at radius 3 is 2.89 bits per heavy atom. The maximum atomic E-state index is 12.5. The number of amides is 1. The van der Waals surface area contributed by atoms with Gasteiger partial charge in [-0.15, -0.1) is 0 Å². The number of aromatic amines is 1. The van der Waals surface area contributed by atoms with Crippen molar-refractivity contribution in [2.24, 2.45) is 0 Å². The van der Waals surface area contributed by atoms with E-state index in [9.17, 15) is 4.79 Å². The van der Waals surface area contributed by atoms with Gasteiger partial charge in [0.1, 0.15) is 0 Å². The van der Waals surface area contributed by atoms with Crippen molar-refractivity contribution in [3.8, 4) is 0 Å². The molecule has 1 aromatic heterocycles. The van der Waals surface area contributed by atoms with Gasteiger partial charge in [-0.25, -0.2) is 0 Å². The number of benzene rings is 1. The molecule has 1 amide bonds. The second kappa shape index (κ2) is 5.01. The molecule has 1 saturated heterocycles. The lowest BCUT2D eigenvalue weighted by Crippen LogP contribution is -2.40. The summed E-state index contributed by atoms with van der Waals surface area (Å²) in [7, 11) is 1.85. The average molecular weight is 259 g/mol. The van der Waals surface area contributed by atoms with Gasteiger partial charge in [-0.05, 0) is 18.9 Å². The molecule has 2 aromatic rings. The van der Waals surface area contributed by atoms with Crippen LogP contribution in [0, 0.1) is 0 Å². The molecule has 2 heterocycles. The van der Waals surface area contributed by atoms with Gasteiger partial charge < -0.3 is 9.64 Å². The van der Waals surface area contributed by atoms with E-state index in [4.69, 9.17) is 4.74 Å². The minimum atomic E-state index is -0.0237. The third kappa shape index (κ3) is 2.21. The summed E-state index contributed by atoms with van der Waals surface area (Å²) in [5.41, 5.74) is 1.40. The molecule has 1 fully saturated rings. The van der Waals surface area contributed by atoms with E-state index in [1.54, 1.807) is 4.90 Å². The zero-order valence-electron chi connectivity index (χ0n) is 10.9. The maximum absolute atomic E-state index is 12.5. The summed E-state index contributed by atoms with van der Waals surface area (Å²) in [4.78, 5) is 14.3. The lowest BCUT2D eigenvalue weighted by molar-refractivity contribution is 0.0360. The zero-order chi connectivity index (χ0) is 13.2. The molecule has 0 spiro atoms. The Balaban J connectivity index is 1.86. The number of rotatable bonds is 2. The molecule has 1 aromatic carbocycles. The monoisotopic (exact) mass is 259 g/mol. The van der Waals surface area contributed by atoms with Crippen molar-refractivity contribution in [1.29, 1.82) is 0 Å². The van der Waals surface area contributed by atoms with E-state index in [2.05, 4.69) is 10.2 Å². The molecule has 100 valence electrons. The molecule has 0 atom stereocenters.